The molecule has 0 radical (unpaired) electrons. The van der Waals surface area contributed by atoms with Crippen LogP contribution in [-0.4, -0.2) is 9.13 Å². The van der Waals surface area contributed by atoms with Gasteiger partial charge in [0.1, 0.15) is 0 Å². The van der Waals surface area contributed by atoms with E-state index in [2.05, 4.69) is 0 Å². The SMILES string of the molecule is [2H]c1c([2H])c([2H])c(-c2c([2H])c([2H])c(-n3c4c([2H])c([2H])c([2H])c([2H])c4c4c([2H])c([2H])c([2H])c(-c5c([2H])c([2H])c6c(c5[2H])c5c([2H])c([2H])c([2H])c([2H])c5n6-c5c([2H])c([2H])c([2H])c([2H])c5[2H])c43)c([2H])c2[2H])c([2H])c1[2H]. The van der Waals surface area contributed by atoms with Crippen LogP contribution >= 0.6 is 0 Å². The minimum absolute atomic E-state index is 0.587. The van der Waals surface area contributed by atoms with E-state index in [9.17, 15) is 13.7 Å². The molecule has 0 bridgehead atoms. The molecule has 0 N–H and O–H groups in total. The summed E-state index contributed by atoms with van der Waals surface area (Å²) in [5.41, 5.74) is -7.56. The maximum absolute atomic E-state index is 9.90. The van der Waals surface area contributed by atoms with Gasteiger partial charge in [0.25, 0.3) is 0 Å². The van der Waals surface area contributed by atoms with Crippen LogP contribution in [0.1, 0.15) is 38.4 Å². The molecule has 2 heteroatoms. The third-order valence-corrected chi connectivity index (χ3v) is 6.92. The number of para-hydroxylation sites is 4. The molecule has 0 atom stereocenters. The van der Waals surface area contributed by atoms with Crippen LogP contribution in [0.25, 0.3) is 77.2 Å². The van der Waals surface area contributed by atoms with Gasteiger partial charge in [-0.3, -0.25) is 0 Å². The molecule has 9 rings (SSSR count). The number of nitrogens with zero attached hydrogens (tertiary/aromatic N) is 2. The summed E-state index contributed by atoms with van der Waals surface area (Å²) in [6.07, 6.45) is 0. The summed E-state index contributed by atoms with van der Waals surface area (Å²) in [4.78, 5) is 0. The molecule has 0 aliphatic carbocycles. The van der Waals surface area contributed by atoms with Gasteiger partial charge in [0, 0.05) is 38.5 Å². The Labute approximate surface area is 295 Å². The lowest BCUT2D eigenvalue weighted by Crippen LogP contribution is -1.96. The first-order valence-corrected chi connectivity index (χ1v) is 12.8. The third kappa shape index (κ3) is 3.75. The van der Waals surface area contributed by atoms with E-state index >= 15 is 0 Å². The molecule has 0 fully saturated rings. The van der Waals surface area contributed by atoms with Crippen molar-refractivity contribution in [3.63, 3.8) is 0 Å². The number of rotatable bonds is 4. The molecule has 0 unspecified atom stereocenters. The van der Waals surface area contributed by atoms with Crippen LogP contribution in [0, 0.1) is 0 Å². The standard InChI is InChI=1S/C42H28N2/c1-3-12-29(13-4-1)30-22-25-33(26-23-30)44-40-21-10-7-16-35(40)37-19-11-18-34(42(37)44)31-24-27-41-38(28-31)36-17-8-9-20-39(36)43(41)32-14-5-2-6-15-32/h1-28H/i1D,2D,3D,4D,5D,6D,7D,8D,9D,10D,11D,12D,13D,14D,15D,16D,17D,18D,19D,20D,21D,22D,23D,24D,25D,26D,27D,28D. The molecule has 0 spiro atoms. The van der Waals surface area contributed by atoms with Crippen molar-refractivity contribution in [2.24, 2.45) is 0 Å². The molecule has 44 heavy (non-hydrogen) atoms. The smallest absolute Gasteiger partial charge is 0.0645 e. The molecular weight excluding hydrogens is 532 g/mol. The first kappa shape index (κ1) is 9.57. The van der Waals surface area contributed by atoms with E-state index in [-0.39, 0.29) is 0 Å². The number of benzene rings is 7. The molecule has 9 aromatic rings. The van der Waals surface area contributed by atoms with Crippen molar-refractivity contribution in [3.8, 4) is 33.6 Å². The van der Waals surface area contributed by atoms with E-state index in [1.54, 1.807) is 0 Å². The van der Waals surface area contributed by atoms with E-state index < -0.39 is 246 Å². The van der Waals surface area contributed by atoms with Crippen molar-refractivity contribution in [2.45, 2.75) is 0 Å². The second kappa shape index (κ2) is 9.86. The third-order valence-electron chi connectivity index (χ3n) is 6.92. The van der Waals surface area contributed by atoms with Gasteiger partial charge < -0.3 is 9.13 Å². The summed E-state index contributed by atoms with van der Waals surface area (Å²) in [5.74, 6) is 0. The van der Waals surface area contributed by atoms with Gasteiger partial charge in [-0.2, -0.15) is 0 Å². The number of hydrogen-bond donors (Lipinski definition) is 0. The van der Waals surface area contributed by atoms with Gasteiger partial charge in [-0.05, 0) is 65.0 Å². The van der Waals surface area contributed by atoms with Crippen molar-refractivity contribution in [1.82, 2.24) is 9.13 Å². The molecule has 0 aliphatic rings. The van der Waals surface area contributed by atoms with E-state index in [0.717, 1.165) is 4.57 Å². The van der Waals surface area contributed by atoms with Crippen molar-refractivity contribution in [2.75, 3.05) is 0 Å². The van der Waals surface area contributed by atoms with Crippen molar-refractivity contribution in [3.05, 3.63) is 169 Å². The molecule has 0 saturated heterocycles. The van der Waals surface area contributed by atoms with Crippen LogP contribution in [0.4, 0.5) is 0 Å². The normalized spacial score (nSPS) is 20.5. The fourth-order valence-electron chi connectivity index (χ4n) is 5.11. The Morgan fingerprint density at radius 2 is 0.864 bits per heavy atom. The number of aromatic nitrogens is 2. The summed E-state index contributed by atoms with van der Waals surface area (Å²) >= 11 is 0. The molecule has 0 saturated carbocycles. The van der Waals surface area contributed by atoms with E-state index in [1.165, 1.54) is 0 Å². The zero-order valence-electron chi connectivity index (χ0n) is 49.9. The van der Waals surface area contributed by atoms with E-state index in [4.69, 9.17) is 24.7 Å². The van der Waals surface area contributed by atoms with Gasteiger partial charge in [-0.15, -0.1) is 0 Å². The van der Waals surface area contributed by atoms with Crippen LogP contribution in [0.2, 0.25) is 0 Å². The second-order valence-corrected chi connectivity index (χ2v) is 9.26. The predicted octanol–water partition coefficient (Wildman–Crippen LogP) is 11.2. The van der Waals surface area contributed by atoms with Crippen molar-refractivity contribution < 1.29 is 38.4 Å². The molecule has 2 heterocycles. The largest absolute Gasteiger partial charge is 0.309 e. The fraction of sp³-hybridized carbons (Fsp3) is 0. The Bertz CT molecular complexity index is 3990. The van der Waals surface area contributed by atoms with Crippen molar-refractivity contribution in [1.29, 1.82) is 0 Å². The summed E-state index contributed by atoms with van der Waals surface area (Å²) in [5, 5.41) is -2.45. The fourth-order valence-corrected chi connectivity index (χ4v) is 5.11. The molecular formula is C42H28N2. The van der Waals surface area contributed by atoms with E-state index in [0.29, 0.717) is 4.57 Å². The van der Waals surface area contributed by atoms with Crippen molar-refractivity contribution >= 4 is 43.6 Å². The minimum Gasteiger partial charge on any atom is -0.309 e. The lowest BCUT2D eigenvalue weighted by Gasteiger charge is -2.13. The highest BCUT2D eigenvalue weighted by Crippen LogP contribution is 2.40. The van der Waals surface area contributed by atoms with Gasteiger partial charge in [-0.25, -0.2) is 0 Å². The van der Waals surface area contributed by atoms with Crippen LogP contribution in [0.3, 0.4) is 0 Å². The van der Waals surface area contributed by atoms with Gasteiger partial charge in [0.2, 0.25) is 0 Å². The van der Waals surface area contributed by atoms with Crippen LogP contribution in [-0.2, 0) is 0 Å². The maximum Gasteiger partial charge on any atom is 0.0645 e. The topological polar surface area (TPSA) is 9.86 Å². The highest BCUT2D eigenvalue weighted by atomic mass is 15.0. The summed E-state index contributed by atoms with van der Waals surface area (Å²) in [6.45, 7) is 0. The summed E-state index contributed by atoms with van der Waals surface area (Å²) in [6, 6.07) is -26.5. The Morgan fingerprint density at radius 3 is 1.61 bits per heavy atom. The molecule has 0 aliphatic heterocycles. The monoisotopic (exact) mass is 588 g/mol. The number of hydrogen-bond acceptors (Lipinski definition) is 0. The molecule has 7 aromatic carbocycles. The average molecular weight is 589 g/mol. The Hall–Kier alpha value is -5.86. The lowest BCUT2D eigenvalue weighted by molar-refractivity contribution is 1.18. The highest BCUT2D eigenvalue weighted by Gasteiger charge is 2.18. The van der Waals surface area contributed by atoms with Gasteiger partial charge >= 0.3 is 0 Å². The molecule has 0 amide bonds. The van der Waals surface area contributed by atoms with Crippen LogP contribution < -0.4 is 0 Å². The highest BCUT2D eigenvalue weighted by molar-refractivity contribution is 6.15. The zero-order valence-corrected chi connectivity index (χ0v) is 21.9. The lowest BCUT2D eigenvalue weighted by atomic mass is 9.99. The maximum atomic E-state index is 9.90. The quantitative estimate of drug-likeness (QED) is 0.193. The minimum atomic E-state index is -1.09. The Kier molecular flexibility index (Phi) is 2.14. The van der Waals surface area contributed by atoms with Crippen LogP contribution in [0.15, 0.2) is 169 Å². The Morgan fingerprint density at radius 1 is 0.341 bits per heavy atom. The van der Waals surface area contributed by atoms with Gasteiger partial charge in [0.05, 0.1) is 60.4 Å². The second-order valence-electron chi connectivity index (χ2n) is 9.26. The average Bonchev–Trinajstić information content (AvgIpc) is 3.88. The van der Waals surface area contributed by atoms with Crippen LogP contribution in [0.5, 0.6) is 0 Å². The number of fused-ring (bicyclic) bond motifs is 6. The zero-order chi connectivity index (χ0) is 53.4. The first-order chi connectivity index (χ1) is 33.5. The Balaban J connectivity index is 1.58. The summed E-state index contributed by atoms with van der Waals surface area (Å²) in [7, 11) is 0. The summed E-state index contributed by atoms with van der Waals surface area (Å²) < 4.78 is 250. The molecule has 2 aromatic heterocycles. The molecule has 206 valence electrons. The molecule has 2 nitrogen and oxygen atoms in total. The van der Waals surface area contributed by atoms with Gasteiger partial charge in [0.15, 0.2) is 0 Å². The van der Waals surface area contributed by atoms with Gasteiger partial charge in [-0.1, -0.05) is 121 Å². The van der Waals surface area contributed by atoms with E-state index in [1.807, 2.05) is 0 Å². The predicted molar refractivity (Wildman–Crippen MR) is 186 cm³/mol. The first-order valence-electron chi connectivity index (χ1n) is 26.8.